The van der Waals surface area contributed by atoms with E-state index >= 15 is 0 Å². The highest BCUT2D eigenvalue weighted by molar-refractivity contribution is 5.99. The lowest BCUT2D eigenvalue weighted by Gasteiger charge is -2.08. The quantitative estimate of drug-likeness (QED) is 0.345. The molecule has 1 heterocycles. The van der Waals surface area contributed by atoms with Gasteiger partial charge in [-0.1, -0.05) is 54.5 Å². The molecule has 0 unspecified atom stereocenters. The van der Waals surface area contributed by atoms with Crippen molar-refractivity contribution in [2.75, 3.05) is 0 Å². The second-order valence-corrected chi connectivity index (χ2v) is 7.45. The third-order valence-electron chi connectivity index (χ3n) is 5.70. The zero-order valence-electron chi connectivity index (χ0n) is 16.5. The molecule has 0 saturated heterocycles. The highest BCUT2D eigenvalue weighted by atomic mass is 14.9. The van der Waals surface area contributed by atoms with Gasteiger partial charge in [0.2, 0.25) is 0 Å². The molecule has 0 amide bonds. The molecule has 0 aliphatic heterocycles. The topological polar surface area (TPSA) is 28.7 Å². The molecule has 2 heteroatoms. The molecule has 0 aliphatic rings. The number of H-pyrrole nitrogens is 1. The Morgan fingerprint density at radius 1 is 0.862 bits per heavy atom. The summed E-state index contributed by atoms with van der Waals surface area (Å²) in [6.45, 7) is 4.25. The fourth-order valence-electron chi connectivity index (χ4n) is 3.86. The Hall–Kier alpha value is -3.83. The van der Waals surface area contributed by atoms with Crippen molar-refractivity contribution in [1.82, 2.24) is 9.97 Å². The minimum atomic E-state index is 0.892. The lowest BCUT2D eigenvalue weighted by Crippen LogP contribution is -1.86. The van der Waals surface area contributed by atoms with Crippen molar-refractivity contribution < 1.29 is 0 Å². The molecule has 0 radical (unpaired) electrons. The predicted molar refractivity (Wildman–Crippen MR) is 122 cm³/mol. The highest BCUT2D eigenvalue weighted by Gasteiger charge is 2.12. The Morgan fingerprint density at radius 2 is 1.66 bits per heavy atom. The third-order valence-corrected chi connectivity index (χ3v) is 5.70. The predicted octanol–water partition coefficient (Wildman–Crippen LogP) is 6.65. The van der Waals surface area contributed by atoms with Crippen LogP contribution in [-0.4, -0.2) is 9.97 Å². The third kappa shape index (κ3) is 2.88. The van der Waals surface area contributed by atoms with Crippen molar-refractivity contribution in [3.8, 4) is 34.9 Å². The maximum Gasteiger partial charge on any atom is 0.139 e. The fraction of sp³-hybridized carbons (Fsp3) is 0.0741. The molecular weight excluding hydrogens is 352 g/mol. The smallest absolute Gasteiger partial charge is 0.139 e. The Bertz CT molecular complexity index is 1410. The van der Waals surface area contributed by atoms with Crippen LogP contribution in [0.4, 0.5) is 0 Å². The summed E-state index contributed by atoms with van der Waals surface area (Å²) >= 11 is 0. The Kier molecular flexibility index (Phi) is 3.96. The molecule has 5 aromatic rings. The van der Waals surface area contributed by atoms with E-state index in [0.717, 1.165) is 39.1 Å². The highest BCUT2D eigenvalue weighted by Crippen LogP contribution is 2.32. The SMILES string of the molecule is C#Cc1ccc(-c2ccc3cccc(-c4nc5c(C)c(C)ccc5[nH]4)c3c2)cc1. The molecular formula is C27H20N2. The molecule has 2 nitrogen and oxygen atoms in total. The molecule has 0 spiro atoms. The van der Waals surface area contributed by atoms with Gasteiger partial charge in [0.15, 0.2) is 0 Å². The summed E-state index contributed by atoms with van der Waals surface area (Å²) in [5, 5.41) is 2.37. The molecule has 29 heavy (non-hydrogen) atoms. The van der Waals surface area contributed by atoms with Crippen molar-refractivity contribution in [3.63, 3.8) is 0 Å². The Balaban J connectivity index is 1.70. The first-order valence-electron chi connectivity index (χ1n) is 9.70. The summed E-state index contributed by atoms with van der Waals surface area (Å²) in [4.78, 5) is 8.45. The van der Waals surface area contributed by atoms with Gasteiger partial charge in [-0.2, -0.15) is 0 Å². The van der Waals surface area contributed by atoms with Crippen LogP contribution < -0.4 is 0 Å². The monoisotopic (exact) mass is 372 g/mol. The van der Waals surface area contributed by atoms with Gasteiger partial charge >= 0.3 is 0 Å². The van der Waals surface area contributed by atoms with E-state index in [-0.39, 0.29) is 0 Å². The molecule has 0 saturated carbocycles. The van der Waals surface area contributed by atoms with E-state index in [1.165, 1.54) is 21.9 Å². The fourth-order valence-corrected chi connectivity index (χ4v) is 3.86. The molecule has 0 bridgehead atoms. The number of rotatable bonds is 2. The standard InChI is InChI=1S/C27H20N2/c1-4-19-9-11-20(12-10-19)22-14-13-21-6-5-7-23(24(21)16-22)27-28-25-15-8-17(2)18(3)26(25)29-27/h1,5-16H,2-3H3,(H,28,29). The number of benzene rings is 4. The van der Waals surface area contributed by atoms with Crippen molar-refractivity contribution in [3.05, 3.63) is 89.5 Å². The van der Waals surface area contributed by atoms with Gasteiger partial charge in [0.25, 0.3) is 0 Å². The van der Waals surface area contributed by atoms with Crippen LogP contribution >= 0.6 is 0 Å². The lowest BCUT2D eigenvalue weighted by atomic mass is 9.97. The number of imidazole rings is 1. The van der Waals surface area contributed by atoms with E-state index in [0.29, 0.717) is 0 Å². The van der Waals surface area contributed by atoms with Gasteiger partial charge in [-0.3, -0.25) is 0 Å². The van der Waals surface area contributed by atoms with Crippen LogP contribution in [0.1, 0.15) is 16.7 Å². The zero-order chi connectivity index (χ0) is 20.0. The van der Waals surface area contributed by atoms with Crippen LogP contribution in [0, 0.1) is 26.2 Å². The zero-order valence-corrected chi connectivity index (χ0v) is 16.5. The van der Waals surface area contributed by atoms with Crippen LogP contribution in [0.5, 0.6) is 0 Å². The first-order valence-corrected chi connectivity index (χ1v) is 9.70. The summed E-state index contributed by atoms with van der Waals surface area (Å²) in [5.41, 5.74) is 8.90. The first kappa shape index (κ1) is 17.3. The lowest BCUT2D eigenvalue weighted by molar-refractivity contribution is 1.32. The molecule has 0 fully saturated rings. The Labute approximate surface area is 170 Å². The largest absolute Gasteiger partial charge is 0.338 e. The van der Waals surface area contributed by atoms with E-state index < -0.39 is 0 Å². The number of hydrogen-bond donors (Lipinski definition) is 1. The number of nitrogens with one attached hydrogen (secondary N) is 1. The molecule has 5 rings (SSSR count). The van der Waals surface area contributed by atoms with E-state index in [4.69, 9.17) is 11.4 Å². The first-order chi connectivity index (χ1) is 14.1. The van der Waals surface area contributed by atoms with Crippen molar-refractivity contribution in [2.24, 2.45) is 0 Å². The van der Waals surface area contributed by atoms with Crippen LogP contribution in [0.3, 0.4) is 0 Å². The molecule has 1 N–H and O–H groups in total. The van der Waals surface area contributed by atoms with Crippen molar-refractivity contribution >= 4 is 21.8 Å². The van der Waals surface area contributed by atoms with Crippen molar-refractivity contribution in [1.29, 1.82) is 0 Å². The average Bonchev–Trinajstić information content (AvgIpc) is 3.20. The summed E-state index contributed by atoms with van der Waals surface area (Å²) in [6, 6.07) is 25.3. The average molecular weight is 372 g/mol. The van der Waals surface area contributed by atoms with Gasteiger partial charge in [-0.15, -0.1) is 6.42 Å². The van der Waals surface area contributed by atoms with Gasteiger partial charge < -0.3 is 4.98 Å². The second kappa shape index (κ2) is 6.65. The number of hydrogen-bond acceptors (Lipinski definition) is 1. The normalized spacial score (nSPS) is 11.1. The van der Waals surface area contributed by atoms with Gasteiger partial charge in [0.05, 0.1) is 11.0 Å². The number of aromatic nitrogens is 2. The summed E-state index contributed by atoms with van der Waals surface area (Å²) < 4.78 is 0. The number of nitrogens with zero attached hydrogens (tertiary/aromatic N) is 1. The molecule has 138 valence electrons. The van der Waals surface area contributed by atoms with Gasteiger partial charge in [-0.25, -0.2) is 4.98 Å². The second-order valence-electron chi connectivity index (χ2n) is 7.45. The van der Waals surface area contributed by atoms with Crippen LogP contribution in [0.15, 0.2) is 72.8 Å². The van der Waals surface area contributed by atoms with E-state index in [9.17, 15) is 0 Å². The van der Waals surface area contributed by atoms with Crippen LogP contribution in [-0.2, 0) is 0 Å². The molecule has 0 atom stereocenters. The van der Waals surface area contributed by atoms with Crippen LogP contribution in [0.2, 0.25) is 0 Å². The Morgan fingerprint density at radius 3 is 2.45 bits per heavy atom. The van der Waals surface area contributed by atoms with Crippen molar-refractivity contribution in [2.45, 2.75) is 13.8 Å². The van der Waals surface area contributed by atoms with E-state index in [1.54, 1.807) is 0 Å². The van der Waals surface area contributed by atoms with Gasteiger partial charge in [-0.05, 0) is 71.1 Å². The number of aromatic amines is 1. The maximum absolute atomic E-state index is 5.49. The number of aryl methyl sites for hydroxylation is 2. The minimum absolute atomic E-state index is 0.892. The van der Waals surface area contributed by atoms with E-state index in [1.807, 2.05) is 12.1 Å². The minimum Gasteiger partial charge on any atom is -0.338 e. The molecule has 4 aromatic carbocycles. The summed E-state index contributed by atoms with van der Waals surface area (Å²) in [5.74, 6) is 3.58. The maximum atomic E-state index is 5.49. The van der Waals surface area contributed by atoms with Crippen LogP contribution in [0.25, 0.3) is 44.3 Å². The van der Waals surface area contributed by atoms with Gasteiger partial charge in [0.1, 0.15) is 5.82 Å². The van der Waals surface area contributed by atoms with Gasteiger partial charge in [0, 0.05) is 11.1 Å². The summed E-state index contributed by atoms with van der Waals surface area (Å²) in [6.07, 6.45) is 5.49. The molecule has 0 aliphatic carbocycles. The number of terminal acetylenes is 1. The molecule has 1 aromatic heterocycles. The number of fused-ring (bicyclic) bond motifs is 2. The van der Waals surface area contributed by atoms with E-state index in [2.05, 4.69) is 85.4 Å². The summed E-state index contributed by atoms with van der Waals surface area (Å²) in [7, 11) is 0.